The Morgan fingerprint density at radius 1 is 1.00 bits per heavy atom. The summed E-state index contributed by atoms with van der Waals surface area (Å²) in [7, 11) is 0. The monoisotopic (exact) mass is 366 g/mol. The lowest BCUT2D eigenvalue weighted by atomic mass is 10.1. The number of benzene rings is 1. The van der Waals surface area contributed by atoms with Crippen LogP contribution >= 0.6 is 0 Å². The van der Waals surface area contributed by atoms with E-state index >= 15 is 0 Å². The Morgan fingerprint density at radius 2 is 1.62 bits per heavy atom. The van der Waals surface area contributed by atoms with Gasteiger partial charge in [-0.25, -0.2) is 14.8 Å². The largest absolute Gasteiger partial charge is 0.547 e. The highest BCUT2D eigenvalue weighted by Gasteiger charge is 2.23. The molecule has 0 fully saturated rings. The first kappa shape index (κ1) is 22.8. The summed E-state index contributed by atoms with van der Waals surface area (Å²) in [6.45, 7) is 0. The van der Waals surface area contributed by atoms with Crippen molar-refractivity contribution in [2.75, 3.05) is 0 Å². The van der Waals surface area contributed by atoms with Gasteiger partial charge in [0, 0.05) is 23.0 Å². The van der Waals surface area contributed by atoms with Crippen molar-refractivity contribution in [1.82, 2.24) is 4.98 Å². The smallest absolute Gasteiger partial charge is 0.335 e. The summed E-state index contributed by atoms with van der Waals surface area (Å²) in [6, 6.07) is 12.3. The van der Waals surface area contributed by atoms with Crippen LogP contribution in [0.15, 0.2) is 48.8 Å². The predicted molar refractivity (Wildman–Crippen MR) is 87.7 cm³/mol. The maximum Gasteiger partial charge on any atom is 0.335 e. The summed E-state index contributed by atoms with van der Waals surface area (Å²) in [5.74, 6) is -3.83. The van der Waals surface area contributed by atoms with Gasteiger partial charge in [0.2, 0.25) is 5.52 Å². The van der Waals surface area contributed by atoms with Gasteiger partial charge in [-0.2, -0.15) is 0 Å². The van der Waals surface area contributed by atoms with Crippen molar-refractivity contribution in [3.63, 3.8) is 0 Å². The fourth-order valence-electron chi connectivity index (χ4n) is 2.00. The molecule has 140 valence electrons. The number of aromatic amines is 1. The van der Waals surface area contributed by atoms with E-state index in [0.29, 0.717) is 0 Å². The van der Waals surface area contributed by atoms with Gasteiger partial charge in [0.1, 0.15) is 11.6 Å². The van der Waals surface area contributed by atoms with Crippen LogP contribution in [0.5, 0.6) is 0 Å². The van der Waals surface area contributed by atoms with Crippen molar-refractivity contribution in [3.05, 3.63) is 48.8 Å². The van der Waals surface area contributed by atoms with Gasteiger partial charge >= 0.3 is 5.97 Å². The molecule has 0 aliphatic carbocycles. The fourth-order valence-corrected chi connectivity index (χ4v) is 2.00. The van der Waals surface area contributed by atoms with Gasteiger partial charge in [-0.3, -0.25) is 0 Å². The molecule has 0 saturated carbocycles. The lowest BCUT2D eigenvalue weighted by Gasteiger charge is -2.13. The van der Waals surface area contributed by atoms with E-state index in [0.717, 1.165) is 11.0 Å². The first-order valence-corrected chi connectivity index (χ1v) is 6.85. The molecular formula is C16H18N2O8. The number of carbonyl (C=O) groups is 2. The number of pyridine rings is 2. The van der Waals surface area contributed by atoms with Crippen LogP contribution in [-0.4, -0.2) is 55.4 Å². The highest BCUT2D eigenvalue weighted by molar-refractivity contribution is 6.00. The van der Waals surface area contributed by atoms with E-state index in [2.05, 4.69) is 34.2 Å². The van der Waals surface area contributed by atoms with E-state index in [9.17, 15) is 14.7 Å². The summed E-state index contributed by atoms with van der Waals surface area (Å²) >= 11 is 0. The molecule has 10 heteroatoms. The highest BCUT2D eigenvalue weighted by Crippen LogP contribution is 2.18. The second-order valence-corrected chi connectivity index (χ2v) is 4.82. The SMILES string of the molecule is O.O.O=C([O-])[C@@H](O)[C@H](O)C(=O)O.c1cnc2c(c1)ccc1ccc[nH+]c12. The van der Waals surface area contributed by atoms with Crippen molar-refractivity contribution >= 4 is 33.7 Å². The average molecular weight is 366 g/mol. The van der Waals surface area contributed by atoms with E-state index < -0.39 is 24.1 Å². The van der Waals surface area contributed by atoms with Crippen LogP contribution in [0.3, 0.4) is 0 Å². The molecule has 0 radical (unpaired) electrons. The van der Waals surface area contributed by atoms with Crippen LogP contribution in [-0.2, 0) is 9.59 Å². The van der Waals surface area contributed by atoms with Crippen LogP contribution in [0.1, 0.15) is 0 Å². The molecule has 0 unspecified atom stereocenters. The quantitative estimate of drug-likeness (QED) is 0.411. The fraction of sp³-hybridized carbons (Fsp3) is 0.125. The number of aliphatic carboxylic acids is 2. The van der Waals surface area contributed by atoms with Crippen molar-refractivity contribution < 1.29 is 46.0 Å². The molecule has 26 heavy (non-hydrogen) atoms. The number of hydrogen-bond donors (Lipinski definition) is 3. The first-order valence-electron chi connectivity index (χ1n) is 6.85. The molecule has 2 atom stereocenters. The molecule has 0 bridgehead atoms. The second-order valence-electron chi connectivity index (χ2n) is 4.82. The third kappa shape index (κ3) is 5.16. The number of carboxylic acid groups (broad SMARTS) is 2. The topological polar surface area (TPSA) is 208 Å². The van der Waals surface area contributed by atoms with E-state index in [1.807, 2.05) is 24.5 Å². The van der Waals surface area contributed by atoms with Gasteiger partial charge < -0.3 is 36.2 Å². The Labute approximate surface area is 146 Å². The molecule has 8 N–H and O–H groups in total. The lowest BCUT2D eigenvalue weighted by molar-refractivity contribution is -0.343. The van der Waals surface area contributed by atoms with E-state index in [1.54, 1.807) is 0 Å². The third-order valence-corrected chi connectivity index (χ3v) is 3.20. The number of H-pyrrole nitrogens is 1. The van der Waals surface area contributed by atoms with Crippen molar-refractivity contribution in [2.45, 2.75) is 12.2 Å². The average Bonchev–Trinajstić information content (AvgIpc) is 2.60. The van der Waals surface area contributed by atoms with E-state index in [-0.39, 0.29) is 11.0 Å². The van der Waals surface area contributed by atoms with Crippen molar-refractivity contribution in [2.24, 2.45) is 0 Å². The number of aromatic nitrogens is 2. The van der Waals surface area contributed by atoms with Crippen LogP contribution in [0.2, 0.25) is 0 Å². The number of aliphatic hydroxyl groups excluding tert-OH is 2. The third-order valence-electron chi connectivity index (χ3n) is 3.20. The maximum atomic E-state index is 9.74. The lowest BCUT2D eigenvalue weighted by Crippen LogP contribution is -2.46. The van der Waals surface area contributed by atoms with Crippen LogP contribution in [0.4, 0.5) is 0 Å². The molecular weight excluding hydrogens is 348 g/mol. The Bertz CT molecular complexity index is 813. The zero-order valence-electron chi connectivity index (χ0n) is 13.3. The van der Waals surface area contributed by atoms with Crippen LogP contribution in [0, 0.1) is 0 Å². The Balaban J connectivity index is 0.000000474. The number of hydrogen-bond acceptors (Lipinski definition) is 6. The number of rotatable bonds is 3. The second kappa shape index (κ2) is 9.96. The van der Waals surface area contributed by atoms with Crippen molar-refractivity contribution in [3.8, 4) is 0 Å². The summed E-state index contributed by atoms with van der Waals surface area (Å²) < 4.78 is 0. The Kier molecular flexibility index (Phi) is 8.74. The maximum absolute atomic E-state index is 9.74. The molecule has 1 aromatic carbocycles. The minimum Gasteiger partial charge on any atom is -0.547 e. The molecule has 0 spiro atoms. The molecule has 0 amide bonds. The minimum atomic E-state index is -2.38. The van der Waals surface area contributed by atoms with Gasteiger partial charge in [0.25, 0.3) is 0 Å². The predicted octanol–water partition coefficient (Wildman–Crippen LogP) is -2.90. The molecule has 3 rings (SSSR count). The summed E-state index contributed by atoms with van der Waals surface area (Å²) in [5, 5.41) is 36.5. The van der Waals surface area contributed by atoms with Gasteiger partial charge in [-0.1, -0.05) is 12.1 Å². The Morgan fingerprint density at radius 3 is 2.19 bits per heavy atom. The molecule has 3 aromatic rings. The standard InChI is InChI=1S/C12H8N2.C4H6O6.2H2O/c1-3-9-5-6-10-4-2-8-14-12(10)11(9)13-7-1;5-1(3(7)8)2(6)4(9)10;;/h1-8H;1-2,5-6H,(H,7,8)(H,9,10);2*1H2/t;1-,2-;;/m.0../s1. The molecule has 0 aliphatic heterocycles. The zero-order valence-corrected chi connectivity index (χ0v) is 13.3. The van der Waals surface area contributed by atoms with Crippen LogP contribution in [0.25, 0.3) is 21.8 Å². The molecule has 10 nitrogen and oxygen atoms in total. The van der Waals surface area contributed by atoms with Gasteiger partial charge in [-0.05, 0) is 18.2 Å². The minimum absolute atomic E-state index is 0. The zero-order chi connectivity index (χ0) is 17.7. The van der Waals surface area contributed by atoms with Crippen molar-refractivity contribution in [1.29, 1.82) is 0 Å². The number of fused-ring (bicyclic) bond motifs is 3. The molecule has 2 heterocycles. The summed E-state index contributed by atoms with van der Waals surface area (Å²) in [6.07, 6.45) is -0.957. The number of nitrogens with zero attached hydrogens (tertiary/aromatic N) is 1. The number of carbonyl (C=O) groups excluding carboxylic acids is 1. The number of nitrogens with one attached hydrogen (secondary N) is 1. The van der Waals surface area contributed by atoms with E-state index in [4.69, 9.17) is 15.3 Å². The van der Waals surface area contributed by atoms with E-state index in [1.165, 1.54) is 10.8 Å². The first-order chi connectivity index (χ1) is 11.4. The normalized spacial score (nSPS) is 11.9. The summed E-state index contributed by atoms with van der Waals surface area (Å²) in [5.41, 5.74) is 2.14. The Hall–Kier alpha value is -3.18. The molecule has 0 aliphatic rings. The molecule has 2 aromatic heterocycles. The highest BCUT2D eigenvalue weighted by atomic mass is 16.4. The number of carboxylic acids is 2. The number of aliphatic hydroxyl groups is 2. The van der Waals surface area contributed by atoms with Gasteiger partial charge in [0.05, 0.1) is 5.97 Å². The van der Waals surface area contributed by atoms with Crippen LogP contribution < -0.4 is 10.1 Å². The summed E-state index contributed by atoms with van der Waals surface area (Å²) in [4.78, 5) is 27.0. The molecule has 0 saturated heterocycles. The van der Waals surface area contributed by atoms with Gasteiger partial charge in [0.15, 0.2) is 12.3 Å². The van der Waals surface area contributed by atoms with Gasteiger partial charge in [-0.15, -0.1) is 0 Å².